The van der Waals surface area contributed by atoms with Crippen molar-refractivity contribution in [2.75, 3.05) is 6.61 Å². The predicted octanol–water partition coefficient (Wildman–Crippen LogP) is 3.12. The highest BCUT2D eigenvalue weighted by Crippen LogP contribution is 2.68. The highest BCUT2D eigenvalue weighted by atomic mass is 16.3. The van der Waals surface area contributed by atoms with Gasteiger partial charge in [-0.3, -0.25) is 0 Å². The minimum Gasteiger partial charge on any atom is -0.396 e. The molecule has 0 aliphatic heterocycles. The highest BCUT2D eigenvalue weighted by Gasteiger charge is 2.63. The van der Waals surface area contributed by atoms with Gasteiger partial charge in [-0.15, -0.1) is 0 Å². The number of hydrogen-bond donors (Lipinski definition) is 2. The zero-order chi connectivity index (χ0) is 13.0. The summed E-state index contributed by atoms with van der Waals surface area (Å²) in [6.07, 6.45) is 9.01. The summed E-state index contributed by atoms with van der Waals surface area (Å²) in [6, 6.07) is 0. The molecule has 0 amide bonds. The summed E-state index contributed by atoms with van der Waals surface area (Å²) in [5.74, 6) is 1.53. The Morgan fingerprint density at radius 1 is 1.06 bits per heavy atom. The van der Waals surface area contributed by atoms with E-state index in [2.05, 4.69) is 13.8 Å². The third-order valence-corrected chi connectivity index (χ3v) is 6.67. The zero-order valence-corrected chi connectivity index (χ0v) is 11.9. The molecule has 4 aliphatic carbocycles. The van der Waals surface area contributed by atoms with Crippen molar-refractivity contribution in [3.8, 4) is 0 Å². The molecule has 4 bridgehead atoms. The van der Waals surface area contributed by atoms with E-state index >= 15 is 0 Å². The zero-order valence-electron chi connectivity index (χ0n) is 11.9. The van der Waals surface area contributed by atoms with E-state index in [0.29, 0.717) is 6.61 Å². The van der Waals surface area contributed by atoms with Crippen LogP contribution in [-0.4, -0.2) is 22.4 Å². The molecule has 0 aromatic rings. The van der Waals surface area contributed by atoms with Gasteiger partial charge in [0, 0.05) is 12.0 Å². The van der Waals surface area contributed by atoms with Gasteiger partial charge < -0.3 is 10.2 Å². The van der Waals surface area contributed by atoms with Crippen molar-refractivity contribution in [2.24, 2.45) is 22.7 Å². The fraction of sp³-hybridized carbons (Fsp3) is 1.00. The monoisotopic (exact) mass is 252 g/mol. The van der Waals surface area contributed by atoms with Gasteiger partial charge in [0.1, 0.15) is 0 Å². The summed E-state index contributed by atoms with van der Waals surface area (Å²) in [7, 11) is 0. The van der Waals surface area contributed by atoms with E-state index in [9.17, 15) is 10.2 Å². The summed E-state index contributed by atoms with van der Waals surface area (Å²) < 4.78 is 0. The predicted molar refractivity (Wildman–Crippen MR) is 72.2 cm³/mol. The molecule has 4 fully saturated rings. The Labute approximate surface area is 111 Å². The van der Waals surface area contributed by atoms with Crippen LogP contribution in [0.2, 0.25) is 0 Å². The Morgan fingerprint density at radius 3 is 2.06 bits per heavy atom. The molecule has 2 atom stereocenters. The van der Waals surface area contributed by atoms with Crippen LogP contribution >= 0.6 is 0 Å². The Balaban J connectivity index is 1.98. The van der Waals surface area contributed by atoms with Crippen LogP contribution in [0.4, 0.5) is 0 Å². The first-order valence-electron chi connectivity index (χ1n) is 7.84. The quantitative estimate of drug-likeness (QED) is 0.807. The number of aliphatic hydroxyl groups is 2. The Bertz CT molecular complexity index is 318. The molecule has 104 valence electrons. The SMILES string of the molecule is CCC(O)(CC)C12CC3CC(CC(CO)(C3)C1)C2. The molecule has 0 spiro atoms. The molecular weight excluding hydrogens is 224 g/mol. The van der Waals surface area contributed by atoms with E-state index in [1.54, 1.807) is 0 Å². The average Bonchev–Trinajstić information content (AvgIpc) is 2.36. The van der Waals surface area contributed by atoms with Crippen LogP contribution in [0.25, 0.3) is 0 Å². The molecule has 0 saturated heterocycles. The van der Waals surface area contributed by atoms with Gasteiger partial charge >= 0.3 is 0 Å². The van der Waals surface area contributed by atoms with Crippen LogP contribution < -0.4 is 0 Å². The minimum absolute atomic E-state index is 0.114. The summed E-state index contributed by atoms with van der Waals surface area (Å²) in [4.78, 5) is 0. The van der Waals surface area contributed by atoms with Crippen LogP contribution in [0, 0.1) is 22.7 Å². The van der Waals surface area contributed by atoms with Gasteiger partial charge in [0.2, 0.25) is 0 Å². The fourth-order valence-corrected chi connectivity index (χ4v) is 6.18. The van der Waals surface area contributed by atoms with Crippen LogP contribution in [-0.2, 0) is 0 Å². The van der Waals surface area contributed by atoms with Gasteiger partial charge in [0.25, 0.3) is 0 Å². The second-order valence-corrected chi connectivity index (χ2v) is 7.64. The third kappa shape index (κ3) is 1.54. The maximum atomic E-state index is 11.1. The van der Waals surface area contributed by atoms with E-state index in [-0.39, 0.29) is 10.8 Å². The maximum absolute atomic E-state index is 11.1. The average molecular weight is 252 g/mol. The first-order valence-corrected chi connectivity index (χ1v) is 7.84. The summed E-state index contributed by atoms with van der Waals surface area (Å²) in [6.45, 7) is 4.60. The van der Waals surface area contributed by atoms with Crippen LogP contribution in [0.5, 0.6) is 0 Å². The lowest BCUT2D eigenvalue weighted by molar-refractivity contribution is -0.215. The number of aliphatic hydroxyl groups excluding tert-OH is 1. The topological polar surface area (TPSA) is 40.5 Å². The van der Waals surface area contributed by atoms with Crippen molar-refractivity contribution < 1.29 is 10.2 Å². The molecule has 4 aliphatic rings. The molecule has 4 saturated carbocycles. The molecule has 0 aromatic heterocycles. The lowest BCUT2D eigenvalue weighted by atomic mass is 9.40. The molecule has 2 heteroatoms. The second-order valence-electron chi connectivity index (χ2n) is 7.64. The number of rotatable bonds is 4. The van der Waals surface area contributed by atoms with Crippen LogP contribution in [0.1, 0.15) is 65.2 Å². The van der Waals surface area contributed by atoms with Gasteiger partial charge in [0.05, 0.1) is 5.60 Å². The van der Waals surface area contributed by atoms with Gasteiger partial charge in [-0.1, -0.05) is 13.8 Å². The van der Waals surface area contributed by atoms with Gasteiger partial charge in [0.15, 0.2) is 0 Å². The standard InChI is InChI=1S/C16H28O2/c1-3-16(18,4-2)15-8-12-5-13(9-15)7-14(6-12,10-15)11-17/h12-13,17-18H,3-11H2,1-2H3. The number of hydrogen-bond acceptors (Lipinski definition) is 2. The van der Waals surface area contributed by atoms with Crippen LogP contribution in [0.15, 0.2) is 0 Å². The van der Waals surface area contributed by atoms with E-state index < -0.39 is 5.60 Å². The lowest BCUT2D eigenvalue weighted by Crippen LogP contribution is -2.61. The molecule has 0 radical (unpaired) electrons. The maximum Gasteiger partial charge on any atom is 0.0698 e. The van der Waals surface area contributed by atoms with Crippen LogP contribution in [0.3, 0.4) is 0 Å². The molecule has 18 heavy (non-hydrogen) atoms. The van der Waals surface area contributed by atoms with Crippen molar-refractivity contribution >= 4 is 0 Å². The van der Waals surface area contributed by atoms with Crippen molar-refractivity contribution in [3.05, 3.63) is 0 Å². The normalized spacial score (nSPS) is 46.7. The minimum atomic E-state index is -0.495. The van der Waals surface area contributed by atoms with Crippen molar-refractivity contribution in [3.63, 3.8) is 0 Å². The largest absolute Gasteiger partial charge is 0.396 e. The molecule has 4 rings (SSSR count). The van der Waals surface area contributed by atoms with Gasteiger partial charge in [-0.25, -0.2) is 0 Å². The molecular formula is C16H28O2. The molecule has 2 nitrogen and oxygen atoms in total. The lowest BCUT2D eigenvalue weighted by Gasteiger charge is -2.66. The molecule has 0 aromatic carbocycles. The molecule has 2 N–H and O–H groups in total. The third-order valence-electron chi connectivity index (χ3n) is 6.67. The smallest absolute Gasteiger partial charge is 0.0698 e. The Morgan fingerprint density at radius 2 is 1.61 bits per heavy atom. The second kappa shape index (κ2) is 3.96. The van der Waals surface area contributed by atoms with Crippen molar-refractivity contribution in [1.82, 2.24) is 0 Å². The van der Waals surface area contributed by atoms with Crippen molar-refractivity contribution in [2.45, 2.75) is 70.8 Å². The first kappa shape index (κ1) is 12.9. The van der Waals surface area contributed by atoms with E-state index in [4.69, 9.17) is 0 Å². The van der Waals surface area contributed by atoms with Crippen molar-refractivity contribution in [1.29, 1.82) is 0 Å². The fourth-order valence-electron chi connectivity index (χ4n) is 6.18. The highest BCUT2D eigenvalue weighted by molar-refractivity contribution is 5.13. The summed E-state index contributed by atoms with van der Waals surface area (Å²) in [5, 5.41) is 21.0. The van der Waals surface area contributed by atoms with E-state index in [1.165, 1.54) is 32.1 Å². The Kier molecular flexibility index (Phi) is 2.84. The van der Waals surface area contributed by atoms with E-state index in [1.807, 2.05) is 0 Å². The molecule has 0 heterocycles. The summed E-state index contributed by atoms with van der Waals surface area (Å²) >= 11 is 0. The summed E-state index contributed by atoms with van der Waals surface area (Å²) in [5.41, 5.74) is -0.225. The van der Waals surface area contributed by atoms with Gasteiger partial charge in [-0.2, -0.15) is 0 Å². The Hall–Kier alpha value is -0.0800. The van der Waals surface area contributed by atoms with E-state index in [0.717, 1.165) is 31.1 Å². The molecule has 2 unspecified atom stereocenters. The first-order chi connectivity index (χ1) is 8.50. The van der Waals surface area contributed by atoms with Gasteiger partial charge in [-0.05, 0) is 68.6 Å².